The fourth-order valence-corrected chi connectivity index (χ4v) is 4.89. The summed E-state index contributed by atoms with van der Waals surface area (Å²) in [6, 6.07) is 19.7. The number of halogens is 1. The van der Waals surface area contributed by atoms with Gasteiger partial charge in [-0.15, -0.1) is 0 Å². The Morgan fingerprint density at radius 1 is 1.03 bits per heavy atom. The van der Waals surface area contributed by atoms with Gasteiger partial charge in [0.1, 0.15) is 11.9 Å². The van der Waals surface area contributed by atoms with Gasteiger partial charge in [0, 0.05) is 16.3 Å². The van der Waals surface area contributed by atoms with Gasteiger partial charge in [-0.05, 0) is 67.6 Å². The smallest absolute Gasteiger partial charge is 0.264 e. The third-order valence-corrected chi connectivity index (χ3v) is 6.74. The van der Waals surface area contributed by atoms with E-state index >= 15 is 0 Å². The molecular weight excluding hydrogens is 424 g/mol. The Morgan fingerprint density at radius 2 is 1.70 bits per heavy atom. The maximum Gasteiger partial charge on any atom is 0.264 e. The zero-order valence-electron chi connectivity index (χ0n) is 16.1. The lowest BCUT2D eigenvalue weighted by molar-refractivity contribution is 0.102. The highest BCUT2D eigenvalue weighted by Crippen LogP contribution is 2.36. The Kier molecular flexibility index (Phi) is 5.40. The van der Waals surface area contributed by atoms with Gasteiger partial charge in [0.05, 0.1) is 17.1 Å². The molecule has 0 aliphatic carbocycles. The topological polar surface area (TPSA) is 75.7 Å². The molecule has 0 spiro atoms. The van der Waals surface area contributed by atoms with Crippen molar-refractivity contribution in [1.29, 1.82) is 0 Å². The van der Waals surface area contributed by atoms with Gasteiger partial charge < -0.3 is 10.1 Å². The number of fused-ring (bicyclic) bond motifs is 1. The van der Waals surface area contributed by atoms with Crippen LogP contribution in [0.2, 0.25) is 5.02 Å². The van der Waals surface area contributed by atoms with E-state index in [-0.39, 0.29) is 23.5 Å². The molecule has 8 heteroatoms. The number of nitrogens with one attached hydrogen (secondary N) is 1. The molecule has 0 saturated heterocycles. The van der Waals surface area contributed by atoms with Gasteiger partial charge in [0.25, 0.3) is 15.9 Å². The molecule has 0 radical (unpaired) electrons. The first-order valence-corrected chi connectivity index (χ1v) is 11.1. The van der Waals surface area contributed by atoms with E-state index < -0.39 is 10.0 Å². The van der Waals surface area contributed by atoms with E-state index in [9.17, 15) is 13.2 Å². The van der Waals surface area contributed by atoms with Crippen molar-refractivity contribution in [3.05, 3.63) is 83.4 Å². The van der Waals surface area contributed by atoms with Crippen LogP contribution in [-0.4, -0.2) is 27.0 Å². The molecule has 3 aromatic rings. The highest BCUT2D eigenvalue weighted by molar-refractivity contribution is 7.92. The summed E-state index contributed by atoms with van der Waals surface area (Å²) in [6.45, 7) is 2.04. The van der Waals surface area contributed by atoms with E-state index in [0.29, 0.717) is 27.7 Å². The molecule has 1 aliphatic heterocycles. The highest BCUT2D eigenvalue weighted by Gasteiger charge is 2.32. The van der Waals surface area contributed by atoms with Crippen LogP contribution in [0.3, 0.4) is 0 Å². The molecule has 1 heterocycles. The first kappa shape index (κ1) is 20.3. The van der Waals surface area contributed by atoms with Crippen LogP contribution < -0.4 is 14.4 Å². The number of amides is 1. The van der Waals surface area contributed by atoms with Gasteiger partial charge in [-0.3, -0.25) is 9.10 Å². The summed E-state index contributed by atoms with van der Waals surface area (Å²) in [5, 5.41) is 3.29. The largest absolute Gasteiger partial charge is 0.487 e. The number of rotatable bonds is 4. The first-order valence-electron chi connectivity index (χ1n) is 9.30. The molecule has 0 fully saturated rings. The van der Waals surface area contributed by atoms with Gasteiger partial charge >= 0.3 is 0 Å². The molecule has 4 rings (SSSR count). The summed E-state index contributed by atoms with van der Waals surface area (Å²) in [7, 11) is -3.78. The van der Waals surface area contributed by atoms with Crippen molar-refractivity contribution in [3.8, 4) is 5.75 Å². The van der Waals surface area contributed by atoms with Crippen molar-refractivity contribution in [3.63, 3.8) is 0 Å². The van der Waals surface area contributed by atoms with Crippen LogP contribution in [0.4, 0.5) is 11.4 Å². The van der Waals surface area contributed by atoms with Crippen LogP contribution >= 0.6 is 11.6 Å². The van der Waals surface area contributed by atoms with E-state index in [1.54, 1.807) is 60.7 Å². The minimum atomic E-state index is -3.78. The van der Waals surface area contributed by atoms with Gasteiger partial charge in [-0.25, -0.2) is 8.42 Å². The number of hydrogen-bond acceptors (Lipinski definition) is 4. The van der Waals surface area contributed by atoms with Gasteiger partial charge in [-0.2, -0.15) is 0 Å². The van der Waals surface area contributed by atoms with Crippen LogP contribution in [0.25, 0.3) is 0 Å². The summed E-state index contributed by atoms with van der Waals surface area (Å²) < 4.78 is 33.6. The minimum absolute atomic E-state index is 0.135. The number of sulfonamides is 1. The molecule has 154 valence electrons. The number of benzene rings is 3. The zero-order chi connectivity index (χ0) is 21.3. The van der Waals surface area contributed by atoms with Crippen molar-refractivity contribution in [2.45, 2.75) is 17.9 Å². The average molecular weight is 443 g/mol. The molecule has 1 aliphatic rings. The molecule has 0 unspecified atom stereocenters. The van der Waals surface area contributed by atoms with E-state index in [0.717, 1.165) is 0 Å². The van der Waals surface area contributed by atoms with E-state index in [4.69, 9.17) is 16.3 Å². The predicted octanol–water partition coefficient (Wildman–Crippen LogP) is 4.57. The summed E-state index contributed by atoms with van der Waals surface area (Å²) >= 11 is 5.84. The van der Waals surface area contributed by atoms with Crippen LogP contribution in [0.1, 0.15) is 17.3 Å². The number of para-hydroxylation sites is 2. The Morgan fingerprint density at radius 3 is 2.40 bits per heavy atom. The SMILES string of the molecule is C[C@@H]1CN(S(=O)(=O)c2ccc(NC(=O)c3ccc(Cl)cc3)cc2)c2ccccc2O1. The third kappa shape index (κ3) is 3.99. The first-order chi connectivity index (χ1) is 14.3. The number of hydrogen-bond donors (Lipinski definition) is 1. The van der Waals surface area contributed by atoms with Crippen LogP contribution in [0, 0.1) is 0 Å². The predicted molar refractivity (Wildman–Crippen MR) is 117 cm³/mol. The second kappa shape index (κ2) is 8.01. The Balaban J connectivity index is 1.56. The molecule has 1 atom stereocenters. The second-order valence-electron chi connectivity index (χ2n) is 6.92. The average Bonchev–Trinajstić information content (AvgIpc) is 2.74. The quantitative estimate of drug-likeness (QED) is 0.642. The normalized spacial score (nSPS) is 15.8. The van der Waals surface area contributed by atoms with Crippen molar-refractivity contribution in [2.24, 2.45) is 0 Å². The highest BCUT2D eigenvalue weighted by atomic mass is 35.5. The maximum absolute atomic E-state index is 13.3. The van der Waals surface area contributed by atoms with E-state index in [1.165, 1.54) is 16.4 Å². The summed E-state index contributed by atoms with van der Waals surface area (Å²) in [5.41, 5.74) is 1.45. The van der Waals surface area contributed by atoms with Crippen LogP contribution in [0.5, 0.6) is 5.75 Å². The lowest BCUT2D eigenvalue weighted by Crippen LogP contribution is -2.42. The van der Waals surface area contributed by atoms with Crippen molar-refractivity contribution in [1.82, 2.24) is 0 Å². The number of anilines is 2. The summed E-state index contributed by atoms with van der Waals surface area (Å²) in [6.07, 6.45) is -0.271. The molecule has 6 nitrogen and oxygen atoms in total. The monoisotopic (exact) mass is 442 g/mol. The van der Waals surface area contributed by atoms with Gasteiger partial charge in [0.15, 0.2) is 0 Å². The molecular formula is C22H19ClN2O4S. The number of ether oxygens (including phenoxy) is 1. The molecule has 3 aromatic carbocycles. The second-order valence-corrected chi connectivity index (χ2v) is 9.22. The van der Waals surface area contributed by atoms with E-state index in [2.05, 4.69) is 5.32 Å². The lowest BCUT2D eigenvalue weighted by atomic mass is 10.2. The fourth-order valence-electron chi connectivity index (χ4n) is 3.22. The summed E-state index contributed by atoms with van der Waals surface area (Å²) in [5.74, 6) is 0.227. The Labute approximate surface area is 180 Å². The molecule has 1 amide bonds. The maximum atomic E-state index is 13.3. The Hall–Kier alpha value is -3.03. The van der Waals surface area contributed by atoms with Crippen LogP contribution in [0.15, 0.2) is 77.7 Å². The van der Waals surface area contributed by atoms with E-state index in [1.807, 2.05) is 6.92 Å². The van der Waals surface area contributed by atoms with Crippen LogP contribution in [-0.2, 0) is 10.0 Å². The summed E-state index contributed by atoms with van der Waals surface area (Å²) in [4.78, 5) is 12.5. The minimum Gasteiger partial charge on any atom is -0.487 e. The number of carbonyl (C=O) groups excluding carboxylic acids is 1. The zero-order valence-corrected chi connectivity index (χ0v) is 17.7. The lowest BCUT2D eigenvalue weighted by Gasteiger charge is -2.34. The van der Waals surface area contributed by atoms with Crippen molar-refractivity contribution < 1.29 is 17.9 Å². The molecule has 0 bridgehead atoms. The standard InChI is InChI=1S/C22H19ClN2O4S/c1-15-14-25(20-4-2-3-5-21(20)29-15)30(27,28)19-12-10-18(11-13-19)24-22(26)16-6-8-17(23)9-7-16/h2-13,15H,14H2,1H3,(H,24,26)/t15-/m1/s1. The molecule has 30 heavy (non-hydrogen) atoms. The molecule has 1 N–H and O–H groups in total. The number of nitrogens with zero attached hydrogens (tertiary/aromatic N) is 1. The van der Waals surface area contributed by atoms with Gasteiger partial charge in [-0.1, -0.05) is 23.7 Å². The molecule has 0 aromatic heterocycles. The molecule has 0 saturated carbocycles. The van der Waals surface area contributed by atoms with Crippen molar-refractivity contribution >= 4 is 38.9 Å². The number of carbonyl (C=O) groups is 1. The fraction of sp³-hybridized carbons (Fsp3) is 0.136. The van der Waals surface area contributed by atoms with Crippen molar-refractivity contribution in [2.75, 3.05) is 16.2 Å². The third-order valence-electron chi connectivity index (χ3n) is 4.69. The van der Waals surface area contributed by atoms with Gasteiger partial charge in [0.2, 0.25) is 0 Å². The Bertz CT molecular complexity index is 1180.